The second kappa shape index (κ2) is 7.49. The van der Waals surface area contributed by atoms with E-state index in [1.54, 1.807) is 16.7 Å². The van der Waals surface area contributed by atoms with Gasteiger partial charge in [0.2, 0.25) is 0 Å². The normalized spacial score (nSPS) is 17.2. The number of hydrogen-bond donors (Lipinski definition) is 0. The fraction of sp³-hybridized carbons (Fsp3) is 0.412. The summed E-state index contributed by atoms with van der Waals surface area (Å²) in [6.45, 7) is 6.20. The second-order valence-electron chi connectivity index (χ2n) is 5.56. The molecule has 1 aliphatic rings. The van der Waals surface area contributed by atoms with E-state index in [4.69, 9.17) is 4.74 Å². The van der Waals surface area contributed by atoms with Crippen LogP contribution in [0.2, 0.25) is 0 Å². The Morgan fingerprint density at radius 1 is 1.36 bits per heavy atom. The van der Waals surface area contributed by atoms with Crippen molar-refractivity contribution < 1.29 is 14.3 Å². The van der Waals surface area contributed by atoms with Crippen molar-refractivity contribution in [3.05, 3.63) is 35.9 Å². The van der Waals surface area contributed by atoms with Crippen molar-refractivity contribution in [3.63, 3.8) is 0 Å². The Morgan fingerprint density at radius 3 is 2.82 bits per heavy atom. The smallest absolute Gasteiger partial charge is 0.331 e. The van der Waals surface area contributed by atoms with E-state index in [1.165, 1.54) is 6.08 Å². The summed E-state index contributed by atoms with van der Waals surface area (Å²) < 4.78 is 5.04. The van der Waals surface area contributed by atoms with E-state index in [2.05, 4.69) is 6.92 Å². The SMILES string of the molecule is CC(C)=CC(=O)OCC(=O)N1CC[C@@H](C)Sc2ccccc21. The van der Waals surface area contributed by atoms with E-state index in [-0.39, 0.29) is 12.5 Å². The maximum absolute atomic E-state index is 12.4. The molecule has 0 unspecified atom stereocenters. The van der Waals surface area contributed by atoms with Crippen molar-refractivity contribution >= 4 is 29.3 Å². The van der Waals surface area contributed by atoms with Gasteiger partial charge in [0.15, 0.2) is 6.61 Å². The van der Waals surface area contributed by atoms with Crippen LogP contribution in [-0.4, -0.2) is 30.3 Å². The van der Waals surface area contributed by atoms with Crippen LogP contribution in [0.4, 0.5) is 5.69 Å². The van der Waals surface area contributed by atoms with Crippen molar-refractivity contribution in [2.45, 2.75) is 37.3 Å². The number of para-hydroxylation sites is 1. The minimum atomic E-state index is -0.473. The van der Waals surface area contributed by atoms with Crippen LogP contribution in [-0.2, 0) is 14.3 Å². The number of ether oxygens (including phenoxy) is 1. The van der Waals surface area contributed by atoms with Gasteiger partial charge in [0.1, 0.15) is 0 Å². The van der Waals surface area contributed by atoms with Gasteiger partial charge in [-0.15, -0.1) is 11.8 Å². The highest BCUT2D eigenvalue weighted by Crippen LogP contribution is 2.37. The minimum Gasteiger partial charge on any atom is -0.452 e. The van der Waals surface area contributed by atoms with Gasteiger partial charge >= 0.3 is 5.97 Å². The molecule has 1 atom stereocenters. The van der Waals surface area contributed by atoms with Crippen molar-refractivity contribution in [2.75, 3.05) is 18.1 Å². The van der Waals surface area contributed by atoms with E-state index >= 15 is 0 Å². The summed E-state index contributed by atoms with van der Waals surface area (Å²) in [6, 6.07) is 7.86. The predicted octanol–water partition coefficient (Wildman–Crippen LogP) is 3.41. The largest absolute Gasteiger partial charge is 0.452 e. The molecule has 1 aromatic rings. The van der Waals surface area contributed by atoms with Crippen molar-refractivity contribution in [3.8, 4) is 0 Å². The molecule has 0 N–H and O–H groups in total. The maximum atomic E-state index is 12.4. The molecule has 0 fully saturated rings. The summed E-state index contributed by atoms with van der Waals surface area (Å²) in [5.41, 5.74) is 1.75. The third kappa shape index (κ3) is 4.37. The van der Waals surface area contributed by atoms with E-state index in [1.807, 2.05) is 38.1 Å². The average molecular weight is 319 g/mol. The van der Waals surface area contributed by atoms with Crippen LogP contribution < -0.4 is 4.90 Å². The van der Waals surface area contributed by atoms with Crippen LogP contribution in [0.25, 0.3) is 0 Å². The molecule has 0 aromatic heterocycles. The number of carbonyl (C=O) groups is 2. The lowest BCUT2D eigenvalue weighted by molar-refractivity contribution is -0.143. The molecule has 5 heteroatoms. The van der Waals surface area contributed by atoms with Gasteiger partial charge in [-0.3, -0.25) is 4.79 Å². The van der Waals surface area contributed by atoms with E-state index in [0.29, 0.717) is 11.8 Å². The summed E-state index contributed by atoms with van der Waals surface area (Å²) in [4.78, 5) is 26.8. The Balaban J connectivity index is 2.09. The lowest BCUT2D eigenvalue weighted by atomic mass is 10.2. The highest BCUT2D eigenvalue weighted by molar-refractivity contribution is 8.00. The number of allylic oxidation sites excluding steroid dienone is 1. The molecule has 0 aliphatic carbocycles. The molecule has 0 saturated carbocycles. The first kappa shape index (κ1) is 16.6. The molecule has 22 heavy (non-hydrogen) atoms. The molecule has 118 valence electrons. The molecule has 1 amide bonds. The molecule has 0 radical (unpaired) electrons. The zero-order valence-corrected chi connectivity index (χ0v) is 14.0. The van der Waals surface area contributed by atoms with Crippen LogP contribution in [0.15, 0.2) is 40.8 Å². The number of amides is 1. The number of thioether (sulfide) groups is 1. The Kier molecular flexibility index (Phi) is 5.66. The third-order valence-electron chi connectivity index (χ3n) is 3.29. The maximum Gasteiger partial charge on any atom is 0.331 e. The lowest BCUT2D eigenvalue weighted by Gasteiger charge is -2.22. The predicted molar refractivity (Wildman–Crippen MR) is 89.1 cm³/mol. The molecule has 1 aliphatic heterocycles. The van der Waals surface area contributed by atoms with E-state index in [0.717, 1.165) is 22.6 Å². The van der Waals surface area contributed by atoms with Gasteiger partial charge in [0.25, 0.3) is 5.91 Å². The molecule has 1 heterocycles. The first-order valence-corrected chi connectivity index (χ1v) is 8.23. The van der Waals surface area contributed by atoms with Gasteiger partial charge in [-0.1, -0.05) is 24.6 Å². The number of nitrogens with zero attached hydrogens (tertiary/aromatic N) is 1. The van der Waals surface area contributed by atoms with Crippen LogP contribution in [0.5, 0.6) is 0 Å². The summed E-state index contributed by atoms with van der Waals surface area (Å²) in [6.07, 6.45) is 2.30. The second-order valence-corrected chi connectivity index (χ2v) is 7.04. The standard InChI is InChI=1S/C17H21NO3S/c1-12(2)10-17(20)21-11-16(19)18-9-8-13(3)22-15-7-5-4-6-14(15)18/h4-7,10,13H,8-9,11H2,1-3H3/t13-/m1/s1. The molecule has 0 bridgehead atoms. The first-order chi connectivity index (χ1) is 10.5. The monoisotopic (exact) mass is 319 g/mol. The molecule has 0 saturated heterocycles. The zero-order valence-electron chi connectivity index (χ0n) is 13.2. The third-order valence-corrected chi connectivity index (χ3v) is 4.53. The number of benzene rings is 1. The molecule has 0 spiro atoms. The molecular weight excluding hydrogens is 298 g/mol. The molecule has 1 aromatic carbocycles. The van der Waals surface area contributed by atoms with Crippen molar-refractivity contribution in [1.29, 1.82) is 0 Å². The lowest BCUT2D eigenvalue weighted by Crippen LogP contribution is -2.35. The Bertz CT molecular complexity index is 593. The van der Waals surface area contributed by atoms with Crippen molar-refractivity contribution in [2.24, 2.45) is 0 Å². The summed E-state index contributed by atoms with van der Waals surface area (Å²) in [5, 5.41) is 0.451. The van der Waals surface area contributed by atoms with Crippen LogP contribution in [0.1, 0.15) is 27.2 Å². The van der Waals surface area contributed by atoms with Crippen LogP contribution in [0.3, 0.4) is 0 Å². The Morgan fingerprint density at radius 2 is 2.09 bits per heavy atom. The van der Waals surface area contributed by atoms with Gasteiger partial charge in [-0.25, -0.2) is 4.79 Å². The van der Waals surface area contributed by atoms with Crippen LogP contribution >= 0.6 is 11.8 Å². The Labute approximate surface area is 135 Å². The molecular formula is C17H21NO3S. The number of fused-ring (bicyclic) bond motifs is 1. The van der Waals surface area contributed by atoms with Gasteiger partial charge in [0, 0.05) is 22.8 Å². The van der Waals surface area contributed by atoms with E-state index in [9.17, 15) is 9.59 Å². The summed E-state index contributed by atoms with van der Waals surface area (Å²) in [7, 11) is 0. The highest BCUT2D eigenvalue weighted by Gasteiger charge is 2.24. The number of carbonyl (C=O) groups excluding carboxylic acids is 2. The Hall–Kier alpha value is -1.75. The van der Waals surface area contributed by atoms with Gasteiger partial charge < -0.3 is 9.64 Å². The average Bonchev–Trinajstić information content (AvgIpc) is 2.62. The number of hydrogen-bond acceptors (Lipinski definition) is 4. The summed E-state index contributed by atoms with van der Waals surface area (Å²) >= 11 is 1.78. The first-order valence-electron chi connectivity index (χ1n) is 7.35. The summed E-state index contributed by atoms with van der Waals surface area (Å²) in [5.74, 6) is -0.656. The quantitative estimate of drug-likeness (QED) is 0.633. The number of anilines is 1. The molecule has 4 nitrogen and oxygen atoms in total. The van der Waals surface area contributed by atoms with Gasteiger partial charge in [0.05, 0.1) is 5.69 Å². The van der Waals surface area contributed by atoms with Crippen LogP contribution in [0, 0.1) is 0 Å². The molecule has 2 rings (SSSR count). The highest BCUT2D eigenvalue weighted by atomic mass is 32.2. The number of rotatable bonds is 3. The topological polar surface area (TPSA) is 46.6 Å². The minimum absolute atomic E-state index is 0.183. The van der Waals surface area contributed by atoms with Crippen molar-refractivity contribution in [1.82, 2.24) is 0 Å². The van der Waals surface area contributed by atoms with Gasteiger partial charge in [-0.2, -0.15) is 0 Å². The van der Waals surface area contributed by atoms with Gasteiger partial charge in [-0.05, 0) is 32.4 Å². The fourth-order valence-electron chi connectivity index (χ4n) is 2.23. The fourth-order valence-corrected chi connectivity index (χ4v) is 3.35. The zero-order chi connectivity index (χ0) is 16.1. The van der Waals surface area contributed by atoms with E-state index < -0.39 is 5.97 Å². The number of esters is 1.